The van der Waals surface area contributed by atoms with E-state index in [9.17, 15) is 4.79 Å². The van der Waals surface area contributed by atoms with Gasteiger partial charge in [0, 0.05) is 24.8 Å². The summed E-state index contributed by atoms with van der Waals surface area (Å²) in [4.78, 5) is 13.3. The van der Waals surface area contributed by atoms with Crippen molar-refractivity contribution < 1.29 is 4.79 Å². The molecule has 1 aliphatic heterocycles. The molecule has 0 bridgehead atoms. The lowest BCUT2D eigenvalue weighted by atomic mass is 9.95. The molecule has 1 amide bonds. The first-order chi connectivity index (χ1) is 5.65. The standard InChI is InChI=1S/C9H16BrNO/c1-7(2)8-5-9(12)11(6-8)4-3-10/h7-8H,3-6H2,1-2H3. The number of nitrogens with zero attached hydrogens (tertiary/aromatic N) is 1. The molecule has 2 nitrogen and oxygen atoms in total. The molecule has 0 aromatic carbocycles. The van der Waals surface area contributed by atoms with Gasteiger partial charge in [-0.25, -0.2) is 0 Å². The van der Waals surface area contributed by atoms with Gasteiger partial charge in [0.25, 0.3) is 0 Å². The molecular weight excluding hydrogens is 218 g/mol. The second kappa shape index (κ2) is 4.26. The highest BCUT2D eigenvalue weighted by molar-refractivity contribution is 9.09. The monoisotopic (exact) mass is 233 g/mol. The zero-order valence-corrected chi connectivity index (χ0v) is 9.30. The van der Waals surface area contributed by atoms with Crippen LogP contribution in [0.3, 0.4) is 0 Å². The number of likely N-dealkylation sites (tertiary alicyclic amines) is 1. The molecule has 3 heteroatoms. The van der Waals surface area contributed by atoms with Crippen LogP contribution in [-0.4, -0.2) is 29.2 Å². The van der Waals surface area contributed by atoms with Gasteiger partial charge >= 0.3 is 0 Å². The van der Waals surface area contributed by atoms with Crippen LogP contribution in [0.25, 0.3) is 0 Å². The molecule has 0 aromatic rings. The molecule has 1 aliphatic rings. The average molecular weight is 234 g/mol. The molecule has 1 rings (SSSR count). The Morgan fingerprint density at radius 2 is 2.33 bits per heavy atom. The predicted octanol–water partition coefficient (Wildman–Crippen LogP) is 1.89. The first-order valence-electron chi connectivity index (χ1n) is 4.49. The summed E-state index contributed by atoms with van der Waals surface area (Å²) in [6, 6.07) is 0. The molecule has 1 atom stereocenters. The maximum absolute atomic E-state index is 11.4. The van der Waals surface area contributed by atoms with Crippen molar-refractivity contribution in [2.24, 2.45) is 11.8 Å². The number of alkyl halides is 1. The summed E-state index contributed by atoms with van der Waals surface area (Å²) in [5.41, 5.74) is 0. The van der Waals surface area contributed by atoms with Crippen LogP contribution in [0, 0.1) is 11.8 Å². The Morgan fingerprint density at radius 1 is 1.67 bits per heavy atom. The van der Waals surface area contributed by atoms with E-state index in [-0.39, 0.29) is 0 Å². The highest BCUT2D eigenvalue weighted by Crippen LogP contribution is 2.24. The van der Waals surface area contributed by atoms with E-state index in [1.54, 1.807) is 0 Å². The summed E-state index contributed by atoms with van der Waals surface area (Å²) in [6.45, 7) is 6.20. The predicted molar refractivity (Wildman–Crippen MR) is 53.3 cm³/mol. The van der Waals surface area contributed by atoms with Gasteiger partial charge in [-0.15, -0.1) is 0 Å². The van der Waals surface area contributed by atoms with E-state index in [2.05, 4.69) is 29.8 Å². The van der Waals surface area contributed by atoms with Gasteiger partial charge in [-0.3, -0.25) is 4.79 Å². The van der Waals surface area contributed by atoms with Gasteiger partial charge < -0.3 is 4.90 Å². The van der Waals surface area contributed by atoms with E-state index in [0.717, 1.165) is 24.8 Å². The van der Waals surface area contributed by atoms with E-state index < -0.39 is 0 Å². The van der Waals surface area contributed by atoms with Gasteiger partial charge in [-0.05, 0) is 11.8 Å². The molecule has 0 radical (unpaired) electrons. The van der Waals surface area contributed by atoms with Crippen molar-refractivity contribution in [2.75, 3.05) is 18.4 Å². The van der Waals surface area contributed by atoms with Crippen molar-refractivity contribution in [3.8, 4) is 0 Å². The maximum atomic E-state index is 11.4. The van der Waals surface area contributed by atoms with E-state index in [4.69, 9.17) is 0 Å². The fraction of sp³-hybridized carbons (Fsp3) is 0.889. The van der Waals surface area contributed by atoms with Crippen LogP contribution in [0.5, 0.6) is 0 Å². The third kappa shape index (κ3) is 2.22. The molecular formula is C9H16BrNO. The molecule has 1 fully saturated rings. The van der Waals surface area contributed by atoms with Crippen LogP contribution >= 0.6 is 15.9 Å². The SMILES string of the molecule is CC(C)C1CC(=O)N(CCBr)C1. The molecule has 0 saturated carbocycles. The molecule has 12 heavy (non-hydrogen) atoms. The minimum atomic E-state index is 0.327. The normalized spacial score (nSPS) is 24.2. The van der Waals surface area contributed by atoms with Crippen LogP contribution in [0.2, 0.25) is 0 Å². The largest absolute Gasteiger partial charge is 0.342 e. The second-order valence-electron chi connectivity index (χ2n) is 3.74. The van der Waals surface area contributed by atoms with Gasteiger partial charge in [0.2, 0.25) is 5.91 Å². The lowest BCUT2D eigenvalue weighted by molar-refractivity contribution is -0.127. The zero-order chi connectivity index (χ0) is 9.14. The highest BCUT2D eigenvalue weighted by atomic mass is 79.9. The third-order valence-corrected chi connectivity index (χ3v) is 2.90. The van der Waals surface area contributed by atoms with Gasteiger partial charge in [-0.2, -0.15) is 0 Å². The molecule has 70 valence electrons. The number of carbonyl (C=O) groups is 1. The molecule has 0 N–H and O–H groups in total. The number of halogens is 1. The average Bonchev–Trinajstić information content (AvgIpc) is 2.34. The topological polar surface area (TPSA) is 20.3 Å². The minimum absolute atomic E-state index is 0.327. The fourth-order valence-corrected chi connectivity index (χ4v) is 2.00. The molecule has 1 heterocycles. The van der Waals surface area contributed by atoms with Crippen LogP contribution in [-0.2, 0) is 4.79 Å². The number of hydrogen-bond acceptors (Lipinski definition) is 1. The van der Waals surface area contributed by atoms with Crippen LogP contribution in [0.15, 0.2) is 0 Å². The van der Waals surface area contributed by atoms with Gasteiger partial charge in [0.15, 0.2) is 0 Å². The smallest absolute Gasteiger partial charge is 0.222 e. The van der Waals surface area contributed by atoms with Crippen molar-refractivity contribution >= 4 is 21.8 Å². The lowest BCUT2D eigenvalue weighted by Gasteiger charge is -2.16. The lowest BCUT2D eigenvalue weighted by Crippen LogP contribution is -2.27. The molecule has 1 unspecified atom stereocenters. The Bertz CT molecular complexity index is 170. The number of hydrogen-bond donors (Lipinski definition) is 0. The molecule has 0 spiro atoms. The first-order valence-corrected chi connectivity index (χ1v) is 5.61. The third-order valence-electron chi connectivity index (χ3n) is 2.54. The van der Waals surface area contributed by atoms with Crippen molar-refractivity contribution in [3.63, 3.8) is 0 Å². The van der Waals surface area contributed by atoms with E-state index in [0.29, 0.717) is 17.7 Å². The van der Waals surface area contributed by atoms with Crippen molar-refractivity contribution in [3.05, 3.63) is 0 Å². The maximum Gasteiger partial charge on any atom is 0.222 e. The van der Waals surface area contributed by atoms with Crippen LogP contribution in [0.1, 0.15) is 20.3 Å². The van der Waals surface area contributed by atoms with Gasteiger partial charge in [0.1, 0.15) is 0 Å². The fourth-order valence-electron chi connectivity index (χ4n) is 1.57. The van der Waals surface area contributed by atoms with Crippen molar-refractivity contribution in [1.82, 2.24) is 4.90 Å². The van der Waals surface area contributed by atoms with E-state index >= 15 is 0 Å². The Kier molecular flexibility index (Phi) is 3.56. The zero-order valence-electron chi connectivity index (χ0n) is 7.72. The molecule has 1 saturated heterocycles. The summed E-state index contributed by atoms with van der Waals surface area (Å²) in [5, 5.41) is 0.892. The first kappa shape index (κ1) is 10.0. The quantitative estimate of drug-likeness (QED) is 0.683. The Hall–Kier alpha value is -0.0500. The van der Waals surface area contributed by atoms with Crippen LogP contribution in [0.4, 0.5) is 0 Å². The van der Waals surface area contributed by atoms with Crippen molar-refractivity contribution in [1.29, 1.82) is 0 Å². The van der Waals surface area contributed by atoms with E-state index in [1.807, 2.05) is 4.90 Å². The summed E-state index contributed by atoms with van der Waals surface area (Å²) in [6.07, 6.45) is 0.755. The Balaban J connectivity index is 2.44. The Labute approximate surface area is 82.4 Å². The number of amides is 1. The highest BCUT2D eigenvalue weighted by Gasteiger charge is 2.30. The summed E-state index contributed by atoms with van der Waals surface area (Å²) < 4.78 is 0. The molecule has 0 aromatic heterocycles. The summed E-state index contributed by atoms with van der Waals surface area (Å²) in [5.74, 6) is 1.54. The van der Waals surface area contributed by atoms with Gasteiger partial charge in [-0.1, -0.05) is 29.8 Å². The van der Waals surface area contributed by atoms with Crippen LogP contribution < -0.4 is 0 Å². The Morgan fingerprint density at radius 3 is 2.75 bits per heavy atom. The van der Waals surface area contributed by atoms with E-state index in [1.165, 1.54) is 0 Å². The summed E-state index contributed by atoms with van der Waals surface area (Å²) >= 11 is 3.35. The number of carbonyl (C=O) groups excluding carboxylic acids is 1. The minimum Gasteiger partial charge on any atom is -0.342 e. The van der Waals surface area contributed by atoms with Gasteiger partial charge in [0.05, 0.1) is 0 Å². The summed E-state index contributed by atoms with van der Waals surface area (Å²) in [7, 11) is 0. The second-order valence-corrected chi connectivity index (χ2v) is 4.53. The van der Waals surface area contributed by atoms with Crippen molar-refractivity contribution in [2.45, 2.75) is 20.3 Å². The molecule has 0 aliphatic carbocycles. The number of rotatable bonds is 3.